The number of aromatic nitrogens is 1. The Kier molecular flexibility index (Phi) is 5.46. The average Bonchev–Trinajstić information content (AvgIpc) is 2.97. The second kappa shape index (κ2) is 7.92. The molecule has 3 atom stereocenters. The Hall–Kier alpha value is -2.58. The van der Waals surface area contributed by atoms with Crippen LogP contribution in [0.15, 0.2) is 47.5 Å². The molecule has 2 heterocycles. The molecule has 1 N–H and O–H groups in total. The van der Waals surface area contributed by atoms with Crippen molar-refractivity contribution < 1.29 is 18.0 Å². The molecule has 0 bridgehead atoms. The fourth-order valence-electron chi connectivity index (χ4n) is 4.23. The highest BCUT2D eigenvalue weighted by molar-refractivity contribution is 7.89. The molecule has 1 saturated carbocycles. The van der Waals surface area contributed by atoms with E-state index in [1.165, 1.54) is 18.3 Å². The van der Waals surface area contributed by atoms with Crippen LogP contribution in [-0.4, -0.2) is 36.2 Å². The monoisotopic (exact) mass is 427 g/mol. The molecule has 30 heavy (non-hydrogen) atoms. The van der Waals surface area contributed by atoms with Crippen LogP contribution in [0, 0.1) is 11.8 Å². The van der Waals surface area contributed by atoms with Crippen LogP contribution in [0.5, 0.6) is 0 Å². The number of sulfonamides is 1. The van der Waals surface area contributed by atoms with Crippen molar-refractivity contribution in [1.29, 1.82) is 0 Å². The summed E-state index contributed by atoms with van der Waals surface area (Å²) in [6.07, 6.45) is 4.47. The Bertz CT molecular complexity index is 1050. The summed E-state index contributed by atoms with van der Waals surface area (Å²) < 4.78 is 28.5. The highest BCUT2D eigenvalue weighted by atomic mass is 32.2. The number of nitrogens with zero attached hydrogens (tertiary/aromatic N) is 2. The Labute approximate surface area is 176 Å². The number of imide groups is 1. The Balaban J connectivity index is 1.47. The Morgan fingerprint density at radius 1 is 1.07 bits per heavy atom. The lowest BCUT2D eigenvalue weighted by atomic mass is 9.78. The molecule has 1 aliphatic heterocycles. The van der Waals surface area contributed by atoms with Crippen LogP contribution in [0.1, 0.15) is 59.5 Å². The van der Waals surface area contributed by atoms with Crippen LogP contribution in [0.4, 0.5) is 0 Å². The molecule has 0 spiro atoms. The van der Waals surface area contributed by atoms with Gasteiger partial charge in [0.2, 0.25) is 10.0 Å². The van der Waals surface area contributed by atoms with E-state index in [0.717, 1.165) is 24.2 Å². The molecule has 158 valence electrons. The van der Waals surface area contributed by atoms with Crippen molar-refractivity contribution in [1.82, 2.24) is 14.6 Å². The van der Waals surface area contributed by atoms with Crippen LogP contribution >= 0.6 is 0 Å². The third-order valence-electron chi connectivity index (χ3n) is 6.32. The molecular weight excluding hydrogens is 402 g/mol. The first-order chi connectivity index (χ1) is 14.3. The second-order valence-corrected chi connectivity index (χ2v) is 9.95. The number of pyridine rings is 1. The van der Waals surface area contributed by atoms with Crippen molar-refractivity contribution in [3.63, 3.8) is 0 Å². The van der Waals surface area contributed by atoms with Gasteiger partial charge in [0, 0.05) is 12.2 Å². The lowest BCUT2D eigenvalue weighted by molar-refractivity contribution is 0.0640. The van der Waals surface area contributed by atoms with E-state index in [9.17, 15) is 18.0 Å². The van der Waals surface area contributed by atoms with Gasteiger partial charge in [-0.2, -0.15) is 0 Å². The topological polar surface area (TPSA) is 96.4 Å². The van der Waals surface area contributed by atoms with E-state index in [4.69, 9.17) is 0 Å². The van der Waals surface area contributed by atoms with Crippen molar-refractivity contribution in [2.75, 3.05) is 0 Å². The van der Waals surface area contributed by atoms with Crippen molar-refractivity contribution in [2.24, 2.45) is 11.8 Å². The van der Waals surface area contributed by atoms with Gasteiger partial charge in [-0.3, -0.25) is 19.5 Å². The van der Waals surface area contributed by atoms with E-state index < -0.39 is 15.9 Å². The molecule has 1 aromatic carbocycles. The van der Waals surface area contributed by atoms with Crippen molar-refractivity contribution in [3.8, 4) is 0 Å². The molecule has 2 amide bonds. The lowest BCUT2D eigenvalue weighted by Gasteiger charge is -2.34. The van der Waals surface area contributed by atoms with Gasteiger partial charge in [-0.05, 0) is 48.1 Å². The smallest absolute Gasteiger partial charge is 0.268 e. The number of fused-ring (bicyclic) bond motifs is 1. The molecule has 3 unspecified atom stereocenters. The number of benzene rings is 1. The Morgan fingerprint density at radius 2 is 1.80 bits per heavy atom. The maximum absolute atomic E-state index is 12.8. The lowest BCUT2D eigenvalue weighted by Crippen LogP contribution is -2.43. The van der Waals surface area contributed by atoms with Gasteiger partial charge in [-0.15, -0.1) is 0 Å². The second-order valence-electron chi connectivity index (χ2n) is 8.24. The van der Waals surface area contributed by atoms with Crippen LogP contribution in [0.25, 0.3) is 0 Å². The summed E-state index contributed by atoms with van der Waals surface area (Å²) in [5, 5.41) is 0. The summed E-state index contributed by atoms with van der Waals surface area (Å²) in [7, 11) is -3.63. The minimum atomic E-state index is -3.63. The SMILES string of the molecule is CC1CCCC(NS(=O)(=O)c2ccc(CN3C(=O)c4cccnc4C3=O)cc2)C1C. The largest absolute Gasteiger partial charge is 0.280 e. The van der Waals surface area contributed by atoms with Crippen molar-refractivity contribution in [2.45, 2.75) is 50.6 Å². The average molecular weight is 428 g/mol. The van der Waals surface area contributed by atoms with Crippen molar-refractivity contribution >= 4 is 21.8 Å². The van der Waals surface area contributed by atoms with Gasteiger partial charge < -0.3 is 0 Å². The number of nitrogens with one attached hydrogen (secondary N) is 1. The Morgan fingerprint density at radius 3 is 2.50 bits per heavy atom. The maximum atomic E-state index is 12.8. The summed E-state index contributed by atoms with van der Waals surface area (Å²) >= 11 is 0. The predicted molar refractivity (Wildman–Crippen MR) is 111 cm³/mol. The van der Waals surface area contributed by atoms with Gasteiger partial charge in [-0.25, -0.2) is 13.1 Å². The third kappa shape index (κ3) is 3.77. The highest BCUT2D eigenvalue weighted by Gasteiger charge is 2.36. The fourth-order valence-corrected chi connectivity index (χ4v) is 5.59. The third-order valence-corrected chi connectivity index (χ3v) is 7.82. The fraction of sp³-hybridized carbons (Fsp3) is 0.409. The minimum Gasteiger partial charge on any atom is -0.268 e. The van der Waals surface area contributed by atoms with E-state index in [1.54, 1.807) is 24.3 Å². The van der Waals surface area contributed by atoms with Gasteiger partial charge in [0.1, 0.15) is 5.69 Å². The molecule has 1 fully saturated rings. The quantitative estimate of drug-likeness (QED) is 0.740. The minimum absolute atomic E-state index is 0.0655. The van der Waals surface area contributed by atoms with Crippen LogP contribution < -0.4 is 4.72 Å². The summed E-state index contributed by atoms with van der Waals surface area (Å²) in [5.41, 5.74) is 1.12. The standard InChI is InChI=1S/C22H25N3O4S/c1-14-5-3-7-19(15(14)2)24-30(28,29)17-10-8-16(9-11-17)13-25-21(26)18-6-4-12-23-20(18)22(25)27/h4,6,8-12,14-15,19,24H,3,5,7,13H2,1-2H3. The summed E-state index contributed by atoms with van der Waals surface area (Å²) in [4.78, 5) is 30.2. The number of amides is 2. The molecule has 1 aromatic heterocycles. The van der Waals surface area contributed by atoms with E-state index in [2.05, 4.69) is 23.6 Å². The number of carbonyl (C=O) groups excluding carboxylic acids is 2. The molecule has 1 aliphatic carbocycles. The zero-order valence-corrected chi connectivity index (χ0v) is 17.9. The predicted octanol–water partition coefficient (Wildman–Crippen LogP) is 2.98. The number of rotatable bonds is 5. The van der Waals surface area contributed by atoms with Gasteiger partial charge >= 0.3 is 0 Å². The maximum Gasteiger partial charge on any atom is 0.280 e. The van der Waals surface area contributed by atoms with Gasteiger partial charge in [0.15, 0.2) is 0 Å². The normalized spacial score (nSPS) is 24.2. The summed E-state index contributed by atoms with van der Waals surface area (Å²) in [6, 6.07) is 9.45. The van der Waals surface area contributed by atoms with E-state index in [1.807, 2.05) is 0 Å². The first-order valence-electron chi connectivity index (χ1n) is 10.2. The van der Waals surface area contributed by atoms with E-state index in [0.29, 0.717) is 17.0 Å². The zero-order valence-electron chi connectivity index (χ0n) is 17.0. The molecule has 8 heteroatoms. The number of hydrogen-bond acceptors (Lipinski definition) is 5. The van der Waals surface area contributed by atoms with Gasteiger partial charge in [0.25, 0.3) is 11.8 Å². The molecular formula is C22H25N3O4S. The zero-order chi connectivity index (χ0) is 21.5. The molecule has 7 nitrogen and oxygen atoms in total. The van der Waals surface area contributed by atoms with Gasteiger partial charge in [-0.1, -0.05) is 38.8 Å². The number of hydrogen-bond donors (Lipinski definition) is 1. The van der Waals surface area contributed by atoms with E-state index >= 15 is 0 Å². The first kappa shape index (κ1) is 20.7. The molecule has 2 aliphatic rings. The first-order valence-corrected chi connectivity index (χ1v) is 11.7. The van der Waals surface area contributed by atoms with Crippen LogP contribution in [0.2, 0.25) is 0 Å². The number of carbonyl (C=O) groups is 2. The molecule has 2 aromatic rings. The van der Waals surface area contributed by atoms with Crippen LogP contribution in [0.3, 0.4) is 0 Å². The van der Waals surface area contributed by atoms with E-state index in [-0.39, 0.29) is 35.0 Å². The molecule has 0 radical (unpaired) electrons. The van der Waals surface area contributed by atoms with Crippen LogP contribution in [-0.2, 0) is 16.6 Å². The summed E-state index contributed by atoms with van der Waals surface area (Å²) in [5.74, 6) is -0.0468. The highest BCUT2D eigenvalue weighted by Crippen LogP contribution is 2.30. The van der Waals surface area contributed by atoms with Gasteiger partial charge in [0.05, 0.1) is 17.0 Å². The summed E-state index contributed by atoms with van der Waals surface area (Å²) in [6.45, 7) is 4.32. The molecule has 4 rings (SSSR count). The van der Waals surface area contributed by atoms with Crippen molar-refractivity contribution in [3.05, 3.63) is 59.4 Å². The molecule has 0 saturated heterocycles.